The summed E-state index contributed by atoms with van der Waals surface area (Å²) >= 11 is 5.99. The van der Waals surface area contributed by atoms with E-state index in [1.54, 1.807) is 6.07 Å². The molecule has 1 aromatic carbocycles. The highest BCUT2D eigenvalue weighted by Crippen LogP contribution is 2.23. The predicted octanol–water partition coefficient (Wildman–Crippen LogP) is 2.72. The van der Waals surface area contributed by atoms with Crippen LogP contribution in [0.15, 0.2) is 24.3 Å². The number of nitrogens with two attached hydrogens (primary N) is 1. The van der Waals surface area contributed by atoms with Gasteiger partial charge in [-0.05, 0) is 31.5 Å². The number of benzene rings is 1. The molecule has 0 bridgehead atoms. The number of aromatic nitrogens is 4. The Hall–Kier alpha value is -2.34. The van der Waals surface area contributed by atoms with Crippen molar-refractivity contribution in [2.75, 3.05) is 11.1 Å². The van der Waals surface area contributed by atoms with Crippen LogP contribution in [0.4, 0.5) is 17.5 Å². The average Bonchev–Trinajstić information content (AvgIpc) is 2.76. The summed E-state index contributed by atoms with van der Waals surface area (Å²) in [5.74, 6) is 1.39. The van der Waals surface area contributed by atoms with Gasteiger partial charge in [-0.1, -0.05) is 17.7 Å². The van der Waals surface area contributed by atoms with Crippen LogP contribution in [0.3, 0.4) is 0 Å². The van der Waals surface area contributed by atoms with Gasteiger partial charge in [-0.3, -0.25) is 0 Å². The van der Waals surface area contributed by atoms with Crippen LogP contribution in [-0.4, -0.2) is 19.6 Å². The molecule has 0 aliphatic heterocycles. The minimum atomic E-state index is 0.431. The SMILES string of the molecule is Cc1cc(N)n2nc(Nc3cc(Cl)ccc3C)nc2n1. The second-order valence-electron chi connectivity index (χ2n) is 4.55. The number of nitrogens with zero attached hydrogens (tertiary/aromatic N) is 4. The summed E-state index contributed by atoms with van der Waals surface area (Å²) in [4.78, 5) is 8.59. The number of nitrogen functional groups attached to an aromatic ring is 1. The van der Waals surface area contributed by atoms with Crippen LogP contribution in [0.2, 0.25) is 5.02 Å². The zero-order valence-corrected chi connectivity index (χ0v) is 11.8. The second-order valence-corrected chi connectivity index (χ2v) is 4.99. The molecule has 0 amide bonds. The van der Waals surface area contributed by atoms with Crippen LogP contribution < -0.4 is 11.1 Å². The van der Waals surface area contributed by atoms with Gasteiger partial charge in [-0.2, -0.15) is 9.50 Å². The summed E-state index contributed by atoms with van der Waals surface area (Å²) < 4.78 is 1.50. The van der Waals surface area contributed by atoms with Crippen molar-refractivity contribution in [3.8, 4) is 0 Å². The van der Waals surface area contributed by atoms with Gasteiger partial charge in [0.1, 0.15) is 5.82 Å². The maximum atomic E-state index is 5.99. The fraction of sp³-hybridized carbons (Fsp3) is 0.154. The summed E-state index contributed by atoms with van der Waals surface area (Å²) in [6.45, 7) is 3.84. The molecule has 0 aliphatic rings. The largest absolute Gasteiger partial charge is 0.383 e. The lowest BCUT2D eigenvalue weighted by atomic mass is 10.2. The lowest BCUT2D eigenvalue weighted by molar-refractivity contribution is 0.944. The van der Waals surface area contributed by atoms with Crippen molar-refractivity contribution in [1.29, 1.82) is 0 Å². The molecule has 0 spiro atoms. The van der Waals surface area contributed by atoms with E-state index >= 15 is 0 Å². The van der Waals surface area contributed by atoms with Crippen LogP contribution in [0, 0.1) is 13.8 Å². The molecule has 102 valence electrons. The Labute approximate surface area is 120 Å². The van der Waals surface area contributed by atoms with E-state index in [9.17, 15) is 0 Å². The van der Waals surface area contributed by atoms with Gasteiger partial charge in [0, 0.05) is 22.5 Å². The van der Waals surface area contributed by atoms with Crippen molar-refractivity contribution >= 4 is 34.8 Å². The van der Waals surface area contributed by atoms with E-state index in [2.05, 4.69) is 20.4 Å². The van der Waals surface area contributed by atoms with Crippen LogP contribution in [-0.2, 0) is 0 Å². The van der Waals surface area contributed by atoms with Crippen molar-refractivity contribution in [1.82, 2.24) is 19.6 Å². The first-order valence-electron chi connectivity index (χ1n) is 6.06. The quantitative estimate of drug-likeness (QED) is 0.758. The van der Waals surface area contributed by atoms with Crippen LogP contribution in [0.5, 0.6) is 0 Å². The highest BCUT2D eigenvalue weighted by atomic mass is 35.5. The minimum absolute atomic E-state index is 0.431. The number of nitrogens with one attached hydrogen (secondary N) is 1. The second kappa shape index (κ2) is 4.64. The number of rotatable bonds is 2. The van der Waals surface area contributed by atoms with E-state index in [1.165, 1.54) is 4.52 Å². The third-order valence-electron chi connectivity index (χ3n) is 2.91. The Morgan fingerprint density at radius 1 is 1.20 bits per heavy atom. The molecule has 6 nitrogen and oxygen atoms in total. The predicted molar refractivity (Wildman–Crippen MR) is 79.4 cm³/mol. The van der Waals surface area contributed by atoms with E-state index in [1.807, 2.05) is 32.0 Å². The average molecular weight is 289 g/mol. The molecule has 0 unspecified atom stereocenters. The molecular weight excluding hydrogens is 276 g/mol. The van der Waals surface area contributed by atoms with Crippen molar-refractivity contribution in [2.45, 2.75) is 13.8 Å². The number of hydrogen-bond donors (Lipinski definition) is 2. The van der Waals surface area contributed by atoms with Gasteiger partial charge in [0.25, 0.3) is 5.78 Å². The smallest absolute Gasteiger partial charge is 0.256 e. The number of fused-ring (bicyclic) bond motifs is 1. The fourth-order valence-electron chi connectivity index (χ4n) is 1.92. The lowest BCUT2D eigenvalue weighted by Crippen LogP contribution is -2.01. The maximum absolute atomic E-state index is 5.99. The summed E-state index contributed by atoms with van der Waals surface area (Å²) in [7, 11) is 0. The molecule has 7 heteroatoms. The Kier molecular flexibility index (Phi) is 2.94. The zero-order valence-electron chi connectivity index (χ0n) is 11.1. The first-order valence-corrected chi connectivity index (χ1v) is 6.44. The number of hydrogen-bond acceptors (Lipinski definition) is 5. The molecule has 0 aliphatic carbocycles. The third-order valence-corrected chi connectivity index (χ3v) is 3.15. The van der Waals surface area contributed by atoms with E-state index in [0.29, 0.717) is 22.6 Å². The van der Waals surface area contributed by atoms with E-state index in [4.69, 9.17) is 17.3 Å². The number of anilines is 3. The molecule has 2 heterocycles. The molecule has 0 radical (unpaired) electrons. The monoisotopic (exact) mass is 288 g/mol. The Balaban J connectivity index is 2.03. The van der Waals surface area contributed by atoms with Gasteiger partial charge in [0.05, 0.1) is 0 Å². The molecule has 2 aromatic heterocycles. The van der Waals surface area contributed by atoms with Crippen molar-refractivity contribution in [2.24, 2.45) is 0 Å². The lowest BCUT2D eigenvalue weighted by Gasteiger charge is -2.05. The molecular formula is C13H13ClN6. The highest BCUT2D eigenvalue weighted by Gasteiger charge is 2.09. The van der Waals surface area contributed by atoms with Gasteiger partial charge in [-0.15, -0.1) is 5.10 Å². The van der Waals surface area contributed by atoms with Crippen LogP contribution in [0.1, 0.15) is 11.3 Å². The topological polar surface area (TPSA) is 81.1 Å². The highest BCUT2D eigenvalue weighted by molar-refractivity contribution is 6.30. The van der Waals surface area contributed by atoms with Crippen molar-refractivity contribution in [3.05, 3.63) is 40.5 Å². The van der Waals surface area contributed by atoms with E-state index in [-0.39, 0.29) is 0 Å². The number of aryl methyl sites for hydroxylation is 2. The van der Waals surface area contributed by atoms with Gasteiger partial charge >= 0.3 is 0 Å². The van der Waals surface area contributed by atoms with Crippen LogP contribution in [0.25, 0.3) is 5.78 Å². The molecule has 3 N–H and O–H groups in total. The molecule has 3 rings (SSSR count). The molecule has 0 saturated heterocycles. The summed E-state index contributed by atoms with van der Waals surface area (Å²) in [5, 5.41) is 8.06. The van der Waals surface area contributed by atoms with E-state index in [0.717, 1.165) is 16.9 Å². The summed E-state index contributed by atoms with van der Waals surface area (Å²) in [5.41, 5.74) is 8.59. The Morgan fingerprint density at radius 2 is 2.00 bits per heavy atom. The van der Waals surface area contributed by atoms with Gasteiger partial charge in [0.15, 0.2) is 0 Å². The molecule has 0 fully saturated rings. The molecule has 0 saturated carbocycles. The van der Waals surface area contributed by atoms with Gasteiger partial charge in [-0.25, -0.2) is 4.98 Å². The van der Waals surface area contributed by atoms with Gasteiger partial charge in [0.2, 0.25) is 5.95 Å². The standard InChI is InChI=1S/C13H13ClN6/c1-7-3-4-9(14)6-10(7)17-12-18-13-16-8(2)5-11(15)20(13)19-12/h3-6H,15H2,1-2H3,(H,17,19). The van der Waals surface area contributed by atoms with E-state index < -0.39 is 0 Å². The maximum Gasteiger partial charge on any atom is 0.256 e. The fourth-order valence-corrected chi connectivity index (χ4v) is 2.09. The zero-order chi connectivity index (χ0) is 14.3. The van der Waals surface area contributed by atoms with Gasteiger partial charge < -0.3 is 11.1 Å². The van der Waals surface area contributed by atoms with Crippen LogP contribution >= 0.6 is 11.6 Å². The normalized spacial score (nSPS) is 10.9. The minimum Gasteiger partial charge on any atom is -0.383 e. The van der Waals surface area contributed by atoms with Crippen molar-refractivity contribution < 1.29 is 0 Å². The summed E-state index contributed by atoms with van der Waals surface area (Å²) in [6.07, 6.45) is 0. The number of halogens is 1. The Morgan fingerprint density at radius 3 is 2.80 bits per heavy atom. The summed E-state index contributed by atoms with van der Waals surface area (Å²) in [6, 6.07) is 7.33. The third kappa shape index (κ3) is 2.25. The molecule has 20 heavy (non-hydrogen) atoms. The first-order chi connectivity index (χ1) is 9.52. The first kappa shape index (κ1) is 12.7. The molecule has 3 aromatic rings. The van der Waals surface area contributed by atoms with Crippen molar-refractivity contribution in [3.63, 3.8) is 0 Å². The Bertz CT molecular complexity index is 795. The molecule has 0 atom stereocenters.